The molecule has 0 bridgehead atoms. The van der Waals surface area contributed by atoms with Crippen molar-refractivity contribution in [2.75, 3.05) is 13.7 Å². The maximum atomic E-state index is 10.8. The number of aliphatic hydroxyl groups excluding tert-OH is 1. The summed E-state index contributed by atoms with van der Waals surface area (Å²) in [4.78, 5) is 21.3. The van der Waals surface area contributed by atoms with Gasteiger partial charge < -0.3 is 9.84 Å². The number of aryl methyl sites for hydroxylation is 1. The highest BCUT2D eigenvalue weighted by atomic mass is 16.5. The Morgan fingerprint density at radius 1 is 0.957 bits per heavy atom. The van der Waals surface area contributed by atoms with E-state index in [9.17, 15) is 9.59 Å². The van der Waals surface area contributed by atoms with Crippen LogP contribution in [0, 0.1) is 6.92 Å². The molecule has 0 fully saturated rings. The van der Waals surface area contributed by atoms with Crippen molar-refractivity contribution in [1.82, 2.24) is 0 Å². The number of para-hydroxylation sites is 1. The van der Waals surface area contributed by atoms with Crippen LogP contribution in [-0.2, 0) is 4.79 Å². The quantitative estimate of drug-likeness (QED) is 0.877. The van der Waals surface area contributed by atoms with E-state index in [0.717, 1.165) is 24.0 Å². The van der Waals surface area contributed by atoms with Crippen LogP contribution in [-0.4, -0.2) is 30.4 Å². The predicted molar refractivity (Wildman–Crippen MR) is 91.9 cm³/mol. The van der Waals surface area contributed by atoms with E-state index in [1.165, 1.54) is 6.92 Å². The lowest BCUT2D eigenvalue weighted by molar-refractivity contribution is -0.118. The lowest BCUT2D eigenvalue weighted by Gasteiger charge is -2.01. The molecule has 1 N–H and O–H groups in total. The molecule has 0 aromatic heterocycles. The van der Waals surface area contributed by atoms with Crippen molar-refractivity contribution < 1.29 is 19.4 Å². The zero-order chi connectivity index (χ0) is 17.7. The minimum atomic E-state index is 0.0360. The van der Waals surface area contributed by atoms with E-state index in [2.05, 4.69) is 0 Å². The average molecular weight is 316 g/mol. The van der Waals surface area contributed by atoms with Crippen LogP contribution in [0.4, 0.5) is 0 Å². The molecule has 4 heteroatoms. The van der Waals surface area contributed by atoms with Gasteiger partial charge in [0.25, 0.3) is 0 Å². The highest BCUT2D eigenvalue weighted by molar-refractivity contribution is 5.94. The van der Waals surface area contributed by atoms with Gasteiger partial charge in [-0.05, 0) is 39.0 Å². The number of Topliss-reactive ketones (excluding diaryl/α,β-unsaturated/α-hetero) is 2. The summed E-state index contributed by atoms with van der Waals surface area (Å²) in [5, 5.41) is 7.00. The molecule has 2 aromatic carbocycles. The molecule has 0 aliphatic rings. The summed E-state index contributed by atoms with van der Waals surface area (Å²) in [5.74, 6) is 0.903. The van der Waals surface area contributed by atoms with E-state index in [1.807, 2.05) is 61.5 Å². The molecule has 0 aliphatic heterocycles. The SMILES string of the molecule is CC(=O)COc1ccccc1.CC(=O)c1cccc(C)c1.CO. The standard InChI is InChI=1S/C9H10O2.C9H10O.CH4O/c1-8(10)7-11-9-5-3-2-4-6-9;1-7-4-3-5-9(6-7)8(2)10;1-2/h2-6H,7H2,1H3;3-6H,1-2H3;2H,1H3. The number of ether oxygens (including phenoxy) is 1. The summed E-state index contributed by atoms with van der Waals surface area (Å²) in [6.07, 6.45) is 0. The molecule has 0 aliphatic carbocycles. The number of hydrogen-bond donors (Lipinski definition) is 1. The molecule has 0 unspecified atom stereocenters. The highest BCUT2D eigenvalue weighted by Crippen LogP contribution is 2.07. The topological polar surface area (TPSA) is 63.6 Å². The Morgan fingerprint density at radius 3 is 2.00 bits per heavy atom. The maximum Gasteiger partial charge on any atom is 0.167 e. The largest absolute Gasteiger partial charge is 0.486 e. The number of aliphatic hydroxyl groups is 1. The summed E-state index contributed by atoms with van der Waals surface area (Å²) >= 11 is 0. The summed E-state index contributed by atoms with van der Waals surface area (Å²) in [7, 11) is 1.00. The third kappa shape index (κ3) is 9.98. The minimum absolute atomic E-state index is 0.0360. The van der Waals surface area contributed by atoms with Crippen LogP contribution in [0.5, 0.6) is 5.75 Å². The molecular formula is C19H24O4. The molecule has 2 aromatic rings. The fraction of sp³-hybridized carbons (Fsp3) is 0.263. The van der Waals surface area contributed by atoms with Gasteiger partial charge in [-0.25, -0.2) is 0 Å². The van der Waals surface area contributed by atoms with Crippen LogP contribution < -0.4 is 4.74 Å². The van der Waals surface area contributed by atoms with Crippen molar-refractivity contribution in [1.29, 1.82) is 0 Å². The first-order valence-electron chi connectivity index (χ1n) is 7.18. The molecular weight excluding hydrogens is 292 g/mol. The first-order valence-corrected chi connectivity index (χ1v) is 7.18. The van der Waals surface area contributed by atoms with Gasteiger partial charge in [-0.3, -0.25) is 9.59 Å². The first kappa shape index (κ1) is 20.5. The average Bonchev–Trinajstić information content (AvgIpc) is 2.56. The Kier molecular flexibility index (Phi) is 10.8. The van der Waals surface area contributed by atoms with Crippen LogP contribution >= 0.6 is 0 Å². The molecule has 0 saturated heterocycles. The van der Waals surface area contributed by atoms with Crippen molar-refractivity contribution in [3.8, 4) is 5.75 Å². The van der Waals surface area contributed by atoms with E-state index < -0.39 is 0 Å². The van der Waals surface area contributed by atoms with Gasteiger partial charge >= 0.3 is 0 Å². The maximum absolute atomic E-state index is 10.8. The molecule has 0 amide bonds. The lowest BCUT2D eigenvalue weighted by Crippen LogP contribution is -2.06. The minimum Gasteiger partial charge on any atom is -0.486 e. The highest BCUT2D eigenvalue weighted by Gasteiger charge is 1.96. The Bertz CT molecular complexity index is 591. The fourth-order valence-corrected chi connectivity index (χ4v) is 1.57. The molecule has 0 radical (unpaired) electrons. The van der Waals surface area contributed by atoms with Gasteiger partial charge in [0.1, 0.15) is 12.4 Å². The Hall–Kier alpha value is -2.46. The van der Waals surface area contributed by atoms with Crippen molar-refractivity contribution in [3.63, 3.8) is 0 Å². The number of benzene rings is 2. The number of ketones is 2. The molecule has 2 rings (SSSR count). The zero-order valence-corrected chi connectivity index (χ0v) is 14.1. The molecule has 23 heavy (non-hydrogen) atoms. The zero-order valence-electron chi connectivity index (χ0n) is 14.1. The Labute approximate surface area is 137 Å². The summed E-state index contributed by atoms with van der Waals surface area (Å²) < 4.78 is 5.12. The Morgan fingerprint density at radius 2 is 1.57 bits per heavy atom. The third-order valence-corrected chi connectivity index (χ3v) is 2.61. The van der Waals surface area contributed by atoms with E-state index in [-0.39, 0.29) is 18.2 Å². The second-order valence-corrected chi connectivity index (χ2v) is 4.73. The van der Waals surface area contributed by atoms with Gasteiger partial charge in [-0.15, -0.1) is 0 Å². The number of carbonyl (C=O) groups excluding carboxylic acids is 2. The summed E-state index contributed by atoms with van der Waals surface area (Å²) in [6, 6.07) is 16.9. The van der Waals surface area contributed by atoms with Gasteiger partial charge in [0, 0.05) is 12.7 Å². The molecule has 124 valence electrons. The third-order valence-electron chi connectivity index (χ3n) is 2.61. The van der Waals surface area contributed by atoms with Gasteiger partial charge in [0.2, 0.25) is 0 Å². The van der Waals surface area contributed by atoms with Crippen LogP contribution in [0.1, 0.15) is 29.8 Å². The van der Waals surface area contributed by atoms with Crippen molar-refractivity contribution in [3.05, 3.63) is 65.7 Å². The number of hydrogen-bond acceptors (Lipinski definition) is 4. The summed E-state index contributed by atoms with van der Waals surface area (Å²) in [6.45, 7) is 5.22. The first-order chi connectivity index (χ1) is 11.0. The smallest absolute Gasteiger partial charge is 0.167 e. The van der Waals surface area contributed by atoms with Crippen molar-refractivity contribution in [2.24, 2.45) is 0 Å². The second-order valence-electron chi connectivity index (χ2n) is 4.73. The normalized spacial score (nSPS) is 8.74. The van der Waals surface area contributed by atoms with Gasteiger partial charge in [0.05, 0.1) is 0 Å². The monoisotopic (exact) mass is 316 g/mol. The van der Waals surface area contributed by atoms with Crippen molar-refractivity contribution >= 4 is 11.6 Å². The van der Waals surface area contributed by atoms with Gasteiger partial charge in [-0.1, -0.05) is 42.0 Å². The summed E-state index contributed by atoms with van der Waals surface area (Å²) in [5.41, 5.74) is 1.92. The van der Waals surface area contributed by atoms with E-state index >= 15 is 0 Å². The van der Waals surface area contributed by atoms with Crippen molar-refractivity contribution in [2.45, 2.75) is 20.8 Å². The van der Waals surface area contributed by atoms with Crippen LogP contribution in [0.25, 0.3) is 0 Å². The molecule has 0 saturated carbocycles. The second kappa shape index (κ2) is 12.1. The van der Waals surface area contributed by atoms with Gasteiger partial charge in [0.15, 0.2) is 11.6 Å². The molecule has 0 spiro atoms. The molecule has 0 atom stereocenters. The van der Waals surface area contributed by atoms with Crippen LogP contribution in [0.15, 0.2) is 54.6 Å². The van der Waals surface area contributed by atoms with E-state index in [0.29, 0.717) is 0 Å². The number of rotatable bonds is 4. The van der Waals surface area contributed by atoms with E-state index in [1.54, 1.807) is 6.92 Å². The lowest BCUT2D eigenvalue weighted by atomic mass is 10.1. The Balaban J connectivity index is 0.000000381. The van der Waals surface area contributed by atoms with Crippen LogP contribution in [0.2, 0.25) is 0 Å². The van der Waals surface area contributed by atoms with E-state index in [4.69, 9.17) is 9.84 Å². The number of carbonyl (C=O) groups is 2. The molecule has 0 heterocycles. The molecule has 4 nitrogen and oxygen atoms in total. The van der Waals surface area contributed by atoms with Crippen LogP contribution in [0.3, 0.4) is 0 Å². The van der Waals surface area contributed by atoms with Gasteiger partial charge in [-0.2, -0.15) is 0 Å². The predicted octanol–water partition coefficient (Wildman–Crippen LogP) is 3.46. The fourth-order valence-electron chi connectivity index (χ4n) is 1.57.